The van der Waals surface area contributed by atoms with Crippen molar-refractivity contribution >= 4 is 5.57 Å². The van der Waals surface area contributed by atoms with Gasteiger partial charge in [-0.25, -0.2) is 4.39 Å². The number of rotatable bonds is 2. The molecule has 0 saturated carbocycles. The molecule has 1 unspecified atom stereocenters. The highest BCUT2D eigenvalue weighted by molar-refractivity contribution is 5.78. The Morgan fingerprint density at radius 1 is 1.37 bits per heavy atom. The second-order valence-electron chi connectivity index (χ2n) is 4.64. The molecule has 0 bridgehead atoms. The average Bonchev–Trinajstić information content (AvgIpc) is 2.41. The van der Waals surface area contributed by atoms with Gasteiger partial charge in [-0.05, 0) is 36.1 Å². The molecule has 3 heteroatoms. The Hall–Kier alpha value is -2.39. The highest BCUT2D eigenvalue weighted by Crippen LogP contribution is 2.34. The summed E-state index contributed by atoms with van der Waals surface area (Å²) >= 11 is 0. The largest absolute Gasteiger partial charge is 0.210 e. The van der Waals surface area contributed by atoms with Crippen LogP contribution < -0.4 is 0 Å². The standard InChI is InChI=1S/C16H13FN2/c1-11-7-14(10-19)16(17)9-15(11)13-4-2-3-12(8-13)5-6-18/h2-4,8-9,14H,5,7H2,1H3. The van der Waals surface area contributed by atoms with E-state index in [1.54, 1.807) is 0 Å². The third-order valence-corrected chi connectivity index (χ3v) is 3.26. The van der Waals surface area contributed by atoms with Crippen molar-refractivity contribution in [2.24, 2.45) is 5.92 Å². The fraction of sp³-hybridized carbons (Fsp3) is 0.250. The van der Waals surface area contributed by atoms with Crippen LogP contribution in [0.5, 0.6) is 0 Å². The van der Waals surface area contributed by atoms with Gasteiger partial charge in [-0.3, -0.25) is 0 Å². The van der Waals surface area contributed by atoms with Gasteiger partial charge in [0.1, 0.15) is 11.7 Å². The van der Waals surface area contributed by atoms with E-state index < -0.39 is 5.92 Å². The Bertz CT molecular complexity index is 641. The lowest BCUT2D eigenvalue weighted by Gasteiger charge is -2.18. The number of nitrogens with zero attached hydrogens (tertiary/aromatic N) is 2. The van der Waals surface area contributed by atoms with Gasteiger partial charge in [-0.2, -0.15) is 10.5 Å². The molecule has 2 nitrogen and oxygen atoms in total. The first kappa shape index (κ1) is 13.1. The van der Waals surface area contributed by atoms with Crippen molar-refractivity contribution in [3.05, 3.63) is 52.9 Å². The van der Waals surface area contributed by atoms with Gasteiger partial charge in [0.05, 0.1) is 18.6 Å². The Labute approximate surface area is 112 Å². The number of allylic oxidation sites excluding steroid dienone is 4. The predicted molar refractivity (Wildman–Crippen MR) is 71.3 cm³/mol. The first-order valence-electron chi connectivity index (χ1n) is 6.08. The normalized spacial score (nSPS) is 18.5. The lowest BCUT2D eigenvalue weighted by atomic mass is 9.87. The van der Waals surface area contributed by atoms with Gasteiger partial charge < -0.3 is 0 Å². The van der Waals surface area contributed by atoms with Crippen LogP contribution in [-0.2, 0) is 6.42 Å². The molecule has 1 aromatic rings. The highest BCUT2D eigenvalue weighted by Gasteiger charge is 2.21. The van der Waals surface area contributed by atoms with Crippen molar-refractivity contribution in [1.29, 1.82) is 10.5 Å². The van der Waals surface area contributed by atoms with Crippen LogP contribution in [0.3, 0.4) is 0 Å². The number of hydrogen-bond acceptors (Lipinski definition) is 2. The SMILES string of the molecule is CC1=C(c2cccc(CC#N)c2)C=C(F)C(C#N)C1. The van der Waals surface area contributed by atoms with E-state index in [2.05, 4.69) is 6.07 Å². The molecule has 1 aliphatic rings. The van der Waals surface area contributed by atoms with Crippen LogP contribution in [0.25, 0.3) is 5.57 Å². The molecule has 0 radical (unpaired) electrons. The van der Waals surface area contributed by atoms with Crippen LogP contribution in [0.15, 0.2) is 41.7 Å². The lowest BCUT2D eigenvalue weighted by molar-refractivity contribution is 0.523. The van der Waals surface area contributed by atoms with Gasteiger partial charge >= 0.3 is 0 Å². The van der Waals surface area contributed by atoms with Crippen molar-refractivity contribution in [2.75, 3.05) is 0 Å². The highest BCUT2D eigenvalue weighted by atomic mass is 19.1. The molecule has 0 fully saturated rings. The zero-order chi connectivity index (χ0) is 13.8. The van der Waals surface area contributed by atoms with Crippen LogP contribution in [-0.4, -0.2) is 0 Å². The van der Waals surface area contributed by atoms with Crippen LogP contribution in [0.2, 0.25) is 0 Å². The van der Waals surface area contributed by atoms with E-state index in [1.165, 1.54) is 6.08 Å². The Kier molecular flexibility index (Phi) is 3.78. The number of benzene rings is 1. The van der Waals surface area contributed by atoms with E-state index in [4.69, 9.17) is 10.5 Å². The van der Waals surface area contributed by atoms with Gasteiger partial charge in [0.2, 0.25) is 0 Å². The zero-order valence-corrected chi connectivity index (χ0v) is 10.7. The van der Waals surface area contributed by atoms with E-state index in [1.807, 2.05) is 37.3 Å². The second-order valence-corrected chi connectivity index (χ2v) is 4.64. The molecule has 0 aromatic heterocycles. The summed E-state index contributed by atoms with van der Waals surface area (Å²) in [4.78, 5) is 0. The van der Waals surface area contributed by atoms with E-state index in [0.717, 1.165) is 22.3 Å². The maximum absolute atomic E-state index is 13.8. The summed E-state index contributed by atoms with van der Waals surface area (Å²) in [5, 5.41) is 17.6. The fourth-order valence-corrected chi connectivity index (χ4v) is 2.25. The first-order valence-corrected chi connectivity index (χ1v) is 6.08. The maximum Gasteiger partial charge on any atom is 0.118 e. The predicted octanol–water partition coefficient (Wildman–Crippen LogP) is 3.92. The molecule has 19 heavy (non-hydrogen) atoms. The van der Waals surface area contributed by atoms with Crippen LogP contribution in [0.4, 0.5) is 4.39 Å². The minimum absolute atomic E-state index is 0.340. The van der Waals surface area contributed by atoms with Crippen molar-refractivity contribution in [3.63, 3.8) is 0 Å². The molecule has 94 valence electrons. The lowest BCUT2D eigenvalue weighted by Crippen LogP contribution is -2.06. The molecule has 0 spiro atoms. The van der Waals surface area contributed by atoms with E-state index >= 15 is 0 Å². The summed E-state index contributed by atoms with van der Waals surface area (Å²) in [6, 6.07) is 11.6. The van der Waals surface area contributed by atoms with E-state index in [0.29, 0.717) is 12.8 Å². The molecule has 0 aliphatic heterocycles. The van der Waals surface area contributed by atoms with Gasteiger partial charge in [-0.15, -0.1) is 0 Å². The molecule has 1 aromatic carbocycles. The third-order valence-electron chi connectivity index (χ3n) is 3.26. The monoisotopic (exact) mass is 252 g/mol. The fourth-order valence-electron chi connectivity index (χ4n) is 2.25. The minimum Gasteiger partial charge on any atom is -0.210 e. The summed E-state index contributed by atoms with van der Waals surface area (Å²) in [5.41, 5.74) is 3.64. The average molecular weight is 252 g/mol. The topological polar surface area (TPSA) is 47.6 Å². The van der Waals surface area contributed by atoms with Crippen molar-refractivity contribution in [1.82, 2.24) is 0 Å². The number of nitriles is 2. The van der Waals surface area contributed by atoms with Gasteiger partial charge in [0.15, 0.2) is 0 Å². The smallest absolute Gasteiger partial charge is 0.118 e. The molecule has 0 N–H and O–H groups in total. The summed E-state index contributed by atoms with van der Waals surface area (Å²) in [6.45, 7) is 1.92. The zero-order valence-electron chi connectivity index (χ0n) is 10.7. The second kappa shape index (κ2) is 5.50. The van der Waals surface area contributed by atoms with Crippen LogP contribution in [0.1, 0.15) is 24.5 Å². The van der Waals surface area contributed by atoms with Crippen LogP contribution >= 0.6 is 0 Å². The van der Waals surface area contributed by atoms with Gasteiger partial charge in [0, 0.05) is 0 Å². The van der Waals surface area contributed by atoms with Gasteiger partial charge in [0.25, 0.3) is 0 Å². The maximum atomic E-state index is 13.8. The molecule has 1 atom stereocenters. The molecule has 0 saturated heterocycles. The van der Waals surface area contributed by atoms with Crippen molar-refractivity contribution in [3.8, 4) is 12.1 Å². The Morgan fingerprint density at radius 2 is 2.16 bits per heavy atom. The molecule has 0 heterocycles. The van der Waals surface area contributed by atoms with Crippen LogP contribution in [0, 0.1) is 28.6 Å². The summed E-state index contributed by atoms with van der Waals surface area (Å²) in [7, 11) is 0. The summed E-state index contributed by atoms with van der Waals surface area (Å²) in [6.07, 6.45) is 2.21. The molecule has 2 rings (SSSR count). The molecular weight excluding hydrogens is 239 g/mol. The van der Waals surface area contributed by atoms with Crippen molar-refractivity contribution in [2.45, 2.75) is 19.8 Å². The van der Waals surface area contributed by atoms with Gasteiger partial charge in [-0.1, -0.05) is 29.8 Å². The summed E-state index contributed by atoms with van der Waals surface area (Å²) < 4.78 is 13.8. The van der Waals surface area contributed by atoms with Crippen molar-refractivity contribution < 1.29 is 4.39 Å². The van der Waals surface area contributed by atoms with E-state index in [-0.39, 0.29) is 5.83 Å². The first-order chi connectivity index (χ1) is 9.15. The summed E-state index contributed by atoms with van der Waals surface area (Å²) in [5.74, 6) is -1.04. The molecule has 1 aliphatic carbocycles. The molecular formula is C16H13FN2. The minimum atomic E-state index is -0.661. The number of halogens is 1. The quantitative estimate of drug-likeness (QED) is 0.800. The van der Waals surface area contributed by atoms with E-state index in [9.17, 15) is 4.39 Å². The Morgan fingerprint density at radius 3 is 2.84 bits per heavy atom. The Balaban J connectivity index is 2.40. The molecule has 0 amide bonds. The number of hydrogen-bond donors (Lipinski definition) is 0. The third kappa shape index (κ3) is 2.72.